The lowest BCUT2D eigenvalue weighted by molar-refractivity contribution is -0.142. The van der Waals surface area contributed by atoms with Crippen LogP contribution >= 0.6 is 0 Å². The van der Waals surface area contributed by atoms with E-state index >= 15 is 0 Å². The van der Waals surface area contributed by atoms with Crippen LogP contribution in [0.5, 0.6) is 0 Å². The van der Waals surface area contributed by atoms with Crippen LogP contribution in [0.1, 0.15) is 18.4 Å². The molecule has 6 nitrogen and oxygen atoms in total. The number of aliphatic carboxylic acids is 1. The highest BCUT2D eigenvalue weighted by molar-refractivity contribution is 7.93. The lowest BCUT2D eigenvalue weighted by Crippen LogP contribution is -2.55. The first-order valence-electron chi connectivity index (χ1n) is 11.0. The number of carbonyl (C=O) groups excluding carboxylic acids is 1. The summed E-state index contributed by atoms with van der Waals surface area (Å²) in [5, 5.41) is 12.3. The van der Waals surface area contributed by atoms with Crippen LogP contribution in [-0.4, -0.2) is 36.2 Å². The fraction of sp³-hybridized carbons (Fsp3) is 0.185. The molecule has 0 aliphatic heterocycles. The summed E-state index contributed by atoms with van der Waals surface area (Å²) in [6, 6.07) is 23.7. The molecule has 0 fully saturated rings. The van der Waals surface area contributed by atoms with Crippen molar-refractivity contribution in [2.24, 2.45) is 0 Å². The number of hydrogen-bond acceptors (Lipinski definition) is 4. The average Bonchev–Trinajstić information content (AvgIpc) is 3.37. The summed E-state index contributed by atoms with van der Waals surface area (Å²) in [6.07, 6.45) is 3.32. The van der Waals surface area contributed by atoms with Crippen LogP contribution in [0.2, 0.25) is 0 Å². The standard InChI is InChI=1S/C27H25NO5S/c29-25(30)24(19-20-13-15-22(16-14-20)21-9-3-1-4-10-21)28-26(31)27(17-7-8-18-27)34(32,33)23-11-5-2-6-12-23/h1-16,24H,17-19H2,(H,28,31)(H,29,30)/t24-/m0/s1. The lowest BCUT2D eigenvalue weighted by Gasteiger charge is -2.29. The average molecular weight is 476 g/mol. The van der Waals surface area contributed by atoms with E-state index in [4.69, 9.17) is 0 Å². The van der Waals surface area contributed by atoms with E-state index in [0.29, 0.717) is 0 Å². The molecule has 3 aromatic rings. The molecule has 0 saturated heterocycles. The van der Waals surface area contributed by atoms with Gasteiger partial charge in [-0.15, -0.1) is 0 Å². The molecule has 1 aliphatic carbocycles. The van der Waals surface area contributed by atoms with Gasteiger partial charge in [-0.2, -0.15) is 0 Å². The summed E-state index contributed by atoms with van der Waals surface area (Å²) in [7, 11) is -4.05. The van der Waals surface area contributed by atoms with E-state index < -0.39 is 32.5 Å². The number of carboxylic acids is 1. The molecule has 0 heterocycles. The second-order valence-corrected chi connectivity index (χ2v) is 10.6. The third-order valence-corrected chi connectivity index (χ3v) is 8.59. The Hall–Kier alpha value is -3.71. The maximum absolute atomic E-state index is 13.4. The highest BCUT2D eigenvalue weighted by Crippen LogP contribution is 2.37. The van der Waals surface area contributed by atoms with Crippen molar-refractivity contribution in [2.75, 3.05) is 0 Å². The first-order valence-corrected chi connectivity index (χ1v) is 12.4. The molecule has 34 heavy (non-hydrogen) atoms. The van der Waals surface area contributed by atoms with Gasteiger partial charge in [-0.05, 0) is 41.7 Å². The van der Waals surface area contributed by atoms with Crippen molar-refractivity contribution in [1.29, 1.82) is 0 Å². The number of rotatable bonds is 8. The zero-order chi connectivity index (χ0) is 24.2. The Morgan fingerprint density at radius 3 is 1.91 bits per heavy atom. The third-order valence-electron chi connectivity index (χ3n) is 6.15. The fourth-order valence-corrected chi connectivity index (χ4v) is 6.07. The number of sulfone groups is 1. The van der Waals surface area contributed by atoms with Crippen LogP contribution in [-0.2, 0) is 25.8 Å². The monoisotopic (exact) mass is 475 g/mol. The van der Waals surface area contributed by atoms with Gasteiger partial charge in [0.25, 0.3) is 0 Å². The van der Waals surface area contributed by atoms with Crippen LogP contribution in [0, 0.1) is 0 Å². The van der Waals surface area contributed by atoms with Crippen LogP contribution in [0.4, 0.5) is 0 Å². The summed E-state index contributed by atoms with van der Waals surface area (Å²) in [5.41, 5.74) is 2.75. The van der Waals surface area contributed by atoms with Gasteiger partial charge in [0.05, 0.1) is 4.90 Å². The highest BCUT2D eigenvalue weighted by atomic mass is 32.2. The second kappa shape index (κ2) is 9.65. The number of benzene rings is 3. The van der Waals surface area contributed by atoms with Crippen LogP contribution in [0.3, 0.4) is 0 Å². The second-order valence-electron chi connectivity index (χ2n) is 8.32. The number of nitrogens with one attached hydrogen (secondary N) is 1. The molecular weight excluding hydrogens is 450 g/mol. The van der Waals surface area contributed by atoms with Gasteiger partial charge in [0.15, 0.2) is 14.6 Å². The summed E-state index contributed by atoms with van der Waals surface area (Å²) in [4.78, 5) is 25.4. The molecule has 4 rings (SSSR count). The third kappa shape index (κ3) is 4.52. The zero-order valence-corrected chi connectivity index (χ0v) is 19.2. The Morgan fingerprint density at radius 1 is 0.824 bits per heavy atom. The Morgan fingerprint density at radius 2 is 1.35 bits per heavy atom. The largest absolute Gasteiger partial charge is 0.480 e. The van der Waals surface area contributed by atoms with Crippen molar-refractivity contribution < 1.29 is 23.1 Å². The number of carboxylic acid groups (broad SMARTS) is 1. The van der Waals surface area contributed by atoms with E-state index in [-0.39, 0.29) is 24.2 Å². The maximum Gasteiger partial charge on any atom is 0.326 e. The molecule has 0 spiro atoms. The highest BCUT2D eigenvalue weighted by Gasteiger charge is 2.52. The molecule has 0 radical (unpaired) electrons. The first kappa shape index (κ1) is 23.4. The minimum absolute atomic E-state index is 0.00578. The van der Waals surface area contributed by atoms with Crippen molar-refractivity contribution in [3.8, 4) is 11.1 Å². The van der Waals surface area contributed by atoms with Gasteiger partial charge in [-0.3, -0.25) is 4.79 Å². The van der Waals surface area contributed by atoms with Crippen molar-refractivity contribution in [3.63, 3.8) is 0 Å². The van der Waals surface area contributed by atoms with Crippen LogP contribution in [0.15, 0.2) is 102 Å². The van der Waals surface area contributed by atoms with Crippen LogP contribution in [0.25, 0.3) is 11.1 Å². The molecule has 0 aromatic heterocycles. The minimum atomic E-state index is -4.05. The van der Waals surface area contributed by atoms with E-state index in [1.165, 1.54) is 12.1 Å². The zero-order valence-electron chi connectivity index (χ0n) is 18.4. The number of hydrogen-bond donors (Lipinski definition) is 2. The predicted octanol–water partition coefficient (Wildman–Crippen LogP) is 4.03. The summed E-state index contributed by atoms with van der Waals surface area (Å²) >= 11 is 0. The normalized spacial score (nSPS) is 15.5. The van der Waals surface area contributed by atoms with Gasteiger partial charge in [0.2, 0.25) is 5.91 Å². The Labute approximate surface area is 198 Å². The summed E-state index contributed by atoms with van der Waals surface area (Å²) in [6.45, 7) is 0. The molecule has 174 valence electrons. The van der Waals surface area contributed by atoms with Crippen molar-refractivity contribution in [2.45, 2.75) is 34.9 Å². The van der Waals surface area contributed by atoms with Crippen molar-refractivity contribution in [3.05, 3.63) is 103 Å². The molecular formula is C27H25NO5S. The van der Waals surface area contributed by atoms with Gasteiger partial charge >= 0.3 is 5.97 Å². The topological polar surface area (TPSA) is 101 Å². The molecule has 1 atom stereocenters. The van der Waals surface area contributed by atoms with E-state index in [2.05, 4.69) is 5.32 Å². The molecule has 1 amide bonds. The van der Waals surface area contributed by atoms with E-state index in [1.807, 2.05) is 54.6 Å². The predicted molar refractivity (Wildman–Crippen MR) is 130 cm³/mol. The Kier molecular flexibility index (Phi) is 6.65. The van der Waals surface area contributed by atoms with Crippen molar-refractivity contribution in [1.82, 2.24) is 5.32 Å². The van der Waals surface area contributed by atoms with Gasteiger partial charge in [-0.25, -0.2) is 13.2 Å². The fourth-order valence-electron chi connectivity index (χ4n) is 4.17. The summed E-state index contributed by atoms with van der Waals surface area (Å²) < 4.78 is 25.1. The van der Waals surface area contributed by atoms with Gasteiger partial charge < -0.3 is 10.4 Å². The quantitative estimate of drug-likeness (QED) is 0.479. The number of allylic oxidation sites excluding steroid dienone is 2. The maximum atomic E-state index is 13.4. The lowest BCUT2D eigenvalue weighted by atomic mass is 9.99. The van der Waals surface area contributed by atoms with E-state index in [1.54, 1.807) is 30.4 Å². The van der Waals surface area contributed by atoms with Gasteiger partial charge in [0, 0.05) is 6.42 Å². The Bertz CT molecular complexity index is 1290. The molecule has 7 heteroatoms. The number of carbonyl (C=O) groups is 2. The minimum Gasteiger partial charge on any atom is -0.480 e. The molecule has 2 N–H and O–H groups in total. The van der Waals surface area contributed by atoms with Crippen molar-refractivity contribution >= 4 is 21.7 Å². The van der Waals surface area contributed by atoms with E-state index in [0.717, 1.165) is 16.7 Å². The molecule has 0 unspecified atom stereocenters. The number of amides is 1. The SMILES string of the molecule is O=C(O)[C@H](Cc1ccc(-c2ccccc2)cc1)NC(=O)C1(S(=O)(=O)c2ccccc2)CC=CC1. The Balaban J connectivity index is 1.55. The molecule has 0 saturated carbocycles. The first-order chi connectivity index (χ1) is 16.3. The van der Waals surface area contributed by atoms with Gasteiger partial charge in [-0.1, -0.05) is 84.9 Å². The summed E-state index contributed by atoms with van der Waals surface area (Å²) in [5.74, 6) is -2.02. The van der Waals surface area contributed by atoms with E-state index in [9.17, 15) is 23.1 Å². The van der Waals surface area contributed by atoms with Crippen LogP contribution < -0.4 is 5.32 Å². The molecule has 1 aliphatic rings. The molecule has 0 bridgehead atoms. The smallest absolute Gasteiger partial charge is 0.326 e. The molecule has 3 aromatic carbocycles. The van der Waals surface area contributed by atoms with Gasteiger partial charge in [0.1, 0.15) is 6.04 Å².